The van der Waals surface area contributed by atoms with Gasteiger partial charge >= 0.3 is 0 Å². The third-order valence-electron chi connectivity index (χ3n) is 5.84. The SMILES string of the molecule is COc1ccc(C2CN(C(=O)C[C@@H]3CCN(C#N)C3)C2)cc1-c1cnn(C)c1. The van der Waals surface area contributed by atoms with Crippen LogP contribution < -0.4 is 4.74 Å². The van der Waals surface area contributed by atoms with Crippen molar-refractivity contribution in [3.63, 3.8) is 0 Å². The Morgan fingerprint density at radius 3 is 2.82 bits per heavy atom. The highest BCUT2D eigenvalue weighted by Gasteiger charge is 2.34. The Hall–Kier alpha value is -3.01. The topological polar surface area (TPSA) is 74.4 Å². The Balaban J connectivity index is 1.39. The summed E-state index contributed by atoms with van der Waals surface area (Å²) >= 11 is 0. The summed E-state index contributed by atoms with van der Waals surface area (Å²) in [4.78, 5) is 16.2. The van der Waals surface area contributed by atoms with Crippen LogP contribution in [0.3, 0.4) is 0 Å². The molecule has 0 aliphatic carbocycles. The summed E-state index contributed by atoms with van der Waals surface area (Å²) in [6.07, 6.45) is 7.47. The molecular formula is C21H25N5O2. The summed E-state index contributed by atoms with van der Waals surface area (Å²) in [6, 6.07) is 6.24. The second-order valence-electron chi connectivity index (χ2n) is 7.76. The van der Waals surface area contributed by atoms with Crippen molar-refractivity contribution < 1.29 is 9.53 Å². The molecule has 0 saturated carbocycles. The van der Waals surface area contributed by atoms with E-state index in [2.05, 4.69) is 23.4 Å². The molecule has 1 aromatic carbocycles. The zero-order valence-corrected chi connectivity index (χ0v) is 16.3. The maximum absolute atomic E-state index is 12.5. The normalized spacial score (nSPS) is 19.4. The summed E-state index contributed by atoms with van der Waals surface area (Å²) in [5.74, 6) is 1.70. The molecule has 2 aliphatic rings. The molecular weight excluding hydrogens is 354 g/mol. The van der Waals surface area contributed by atoms with Crippen LogP contribution in [0.15, 0.2) is 30.6 Å². The quantitative estimate of drug-likeness (QED) is 0.745. The summed E-state index contributed by atoms with van der Waals surface area (Å²) in [6.45, 7) is 3.01. The Kier molecular flexibility index (Phi) is 4.95. The standard InChI is InChI=1S/C21H25N5O2/c1-24-11-17(9-23-24)19-8-16(3-4-20(19)28-2)18-12-26(13-18)21(27)7-15-5-6-25(10-15)14-22/h3-4,8-9,11,15,18H,5-7,10,12-13H2,1-2H3/t15-/m0/s1. The van der Waals surface area contributed by atoms with Gasteiger partial charge in [-0.05, 0) is 30.0 Å². The molecule has 1 aromatic heterocycles. The molecule has 0 radical (unpaired) electrons. The molecule has 2 aromatic rings. The minimum atomic E-state index is 0.210. The molecule has 0 bridgehead atoms. The molecule has 2 saturated heterocycles. The predicted octanol–water partition coefficient (Wildman–Crippen LogP) is 2.21. The van der Waals surface area contributed by atoms with Crippen molar-refractivity contribution in [2.45, 2.75) is 18.8 Å². The summed E-state index contributed by atoms with van der Waals surface area (Å²) < 4.78 is 7.30. The summed E-state index contributed by atoms with van der Waals surface area (Å²) in [5, 5.41) is 13.2. The van der Waals surface area contributed by atoms with Crippen LogP contribution in [0.1, 0.15) is 24.3 Å². The lowest BCUT2D eigenvalue weighted by Crippen LogP contribution is -2.49. The number of hydrogen-bond acceptors (Lipinski definition) is 5. The van der Waals surface area contributed by atoms with Gasteiger partial charge in [-0.3, -0.25) is 9.48 Å². The summed E-state index contributed by atoms with van der Waals surface area (Å²) in [5.41, 5.74) is 3.28. The van der Waals surface area contributed by atoms with Crippen LogP contribution in [0.25, 0.3) is 11.1 Å². The third-order valence-corrected chi connectivity index (χ3v) is 5.84. The zero-order chi connectivity index (χ0) is 19.7. The minimum absolute atomic E-state index is 0.210. The number of nitrogens with zero attached hydrogens (tertiary/aromatic N) is 5. The first-order valence-electron chi connectivity index (χ1n) is 9.66. The first-order chi connectivity index (χ1) is 13.6. The van der Waals surface area contributed by atoms with Gasteiger partial charge in [0, 0.05) is 62.9 Å². The van der Waals surface area contributed by atoms with Crippen LogP contribution in [0, 0.1) is 17.4 Å². The maximum atomic E-state index is 12.5. The first kappa shape index (κ1) is 18.4. The van der Waals surface area contributed by atoms with Gasteiger partial charge < -0.3 is 14.5 Å². The van der Waals surface area contributed by atoms with E-state index >= 15 is 0 Å². The largest absolute Gasteiger partial charge is 0.496 e. The number of benzene rings is 1. The van der Waals surface area contributed by atoms with E-state index in [9.17, 15) is 4.79 Å². The highest BCUT2D eigenvalue weighted by Crippen LogP contribution is 2.36. The van der Waals surface area contributed by atoms with Gasteiger partial charge in [0.2, 0.25) is 5.91 Å². The number of aryl methyl sites for hydroxylation is 1. The second-order valence-corrected chi connectivity index (χ2v) is 7.76. The molecule has 7 heteroatoms. The van der Waals surface area contributed by atoms with Crippen molar-refractivity contribution >= 4 is 5.91 Å². The molecule has 7 nitrogen and oxygen atoms in total. The molecule has 1 amide bonds. The molecule has 0 unspecified atom stereocenters. The van der Waals surface area contributed by atoms with Gasteiger partial charge in [0.05, 0.1) is 13.3 Å². The molecule has 1 atom stereocenters. The molecule has 4 rings (SSSR count). The van der Waals surface area contributed by atoms with E-state index in [-0.39, 0.29) is 5.91 Å². The van der Waals surface area contributed by atoms with Gasteiger partial charge in [-0.25, -0.2) is 0 Å². The van der Waals surface area contributed by atoms with E-state index in [0.717, 1.165) is 42.9 Å². The fourth-order valence-electron chi connectivity index (χ4n) is 4.12. The average molecular weight is 379 g/mol. The Morgan fingerprint density at radius 1 is 1.36 bits per heavy atom. The molecule has 146 valence electrons. The van der Waals surface area contributed by atoms with Crippen LogP contribution in [0.5, 0.6) is 5.75 Å². The fraction of sp³-hybridized carbons (Fsp3) is 0.476. The van der Waals surface area contributed by atoms with E-state index in [0.29, 0.717) is 24.8 Å². The zero-order valence-electron chi connectivity index (χ0n) is 16.3. The van der Waals surface area contributed by atoms with Gasteiger partial charge in [0.1, 0.15) is 5.75 Å². The number of ether oxygens (including phenoxy) is 1. The summed E-state index contributed by atoms with van der Waals surface area (Å²) in [7, 11) is 3.57. The van der Waals surface area contributed by atoms with E-state index in [1.807, 2.05) is 30.4 Å². The highest BCUT2D eigenvalue weighted by molar-refractivity contribution is 5.78. The van der Waals surface area contributed by atoms with Gasteiger partial charge in [-0.2, -0.15) is 10.4 Å². The monoisotopic (exact) mass is 379 g/mol. The van der Waals surface area contributed by atoms with Gasteiger partial charge in [-0.15, -0.1) is 0 Å². The number of carbonyl (C=O) groups excluding carboxylic acids is 1. The second kappa shape index (κ2) is 7.55. The van der Waals surface area contributed by atoms with Crippen molar-refractivity contribution in [2.24, 2.45) is 13.0 Å². The molecule has 2 aliphatic heterocycles. The van der Waals surface area contributed by atoms with Crippen molar-refractivity contribution in [3.8, 4) is 23.1 Å². The Bertz CT molecular complexity index is 910. The first-order valence-corrected chi connectivity index (χ1v) is 9.66. The van der Waals surface area contributed by atoms with Gasteiger partial charge in [0.25, 0.3) is 0 Å². The van der Waals surface area contributed by atoms with E-state index in [1.165, 1.54) is 5.56 Å². The van der Waals surface area contributed by atoms with Crippen LogP contribution in [-0.2, 0) is 11.8 Å². The number of amides is 1. The number of methoxy groups -OCH3 is 1. The van der Waals surface area contributed by atoms with E-state index in [1.54, 1.807) is 16.7 Å². The molecule has 3 heterocycles. The van der Waals surface area contributed by atoms with Gasteiger partial charge in [-0.1, -0.05) is 6.07 Å². The number of aromatic nitrogens is 2. The number of hydrogen-bond donors (Lipinski definition) is 0. The van der Waals surface area contributed by atoms with Crippen LogP contribution in [-0.4, -0.2) is 58.8 Å². The molecule has 28 heavy (non-hydrogen) atoms. The lowest BCUT2D eigenvalue weighted by atomic mass is 9.88. The highest BCUT2D eigenvalue weighted by atomic mass is 16.5. The van der Waals surface area contributed by atoms with Crippen LogP contribution in [0.4, 0.5) is 0 Å². The lowest BCUT2D eigenvalue weighted by Gasteiger charge is -2.40. The average Bonchev–Trinajstić information content (AvgIpc) is 3.29. The smallest absolute Gasteiger partial charge is 0.222 e. The van der Waals surface area contributed by atoms with E-state index < -0.39 is 0 Å². The Morgan fingerprint density at radius 2 is 2.18 bits per heavy atom. The van der Waals surface area contributed by atoms with Crippen molar-refractivity contribution in [1.29, 1.82) is 5.26 Å². The third kappa shape index (κ3) is 3.55. The van der Waals surface area contributed by atoms with Crippen molar-refractivity contribution in [3.05, 3.63) is 36.2 Å². The van der Waals surface area contributed by atoms with Crippen LogP contribution >= 0.6 is 0 Å². The van der Waals surface area contributed by atoms with Crippen molar-refractivity contribution in [2.75, 3.05) is 33.3 Å². The van der Waals surface area contributed by atoms with Gasteiger partial charge in [0.15, 0.2) is 6.19 Å². The lowest BCUT2D eigenvalue weighted by molar-refractivity contribution is -0.136. The number of carbonyl (C=O) groups is 1. The molecule has 0 N–H and O–H groups in total. The maximum Gasteiger partial charge on any atom is 0.222 e. The Labute approximate surface area is 165 Å². The molecule has 0 spiro atoms. The number of nitriles is 1. The molecule has 2 fully saturated rings. The fourth-order valence-corrected chi connectivity index (χ4v) is 4.12. The van der Waals surface area contributed by atoms with Crippen molar-refractivity contribution in [1.82, 2.24) is 19.6 Å². The number of likely N-dealkylation sites (tertiary alicyclic amines) is 2. The van der Waals surface area contributed by atoms with E-state index in [4.69, 9.17) is 10.00 Å². The predicted molar refractivity (Wildman–Crippen MR) is 104 cm³/mol. The minimum Gasteiger partial charge on any atom is -0.496 e. The van der Waals surface area contributed by atoms with Crippen LogP contribution in [0.2, 0.25) is 0 Å². The number of rotatable bonds is 5.